The normalized spacial score (nSPS) is 25.1. The molecule has 2 aliphatic rings. The number of nitrogens with one attached hydrogen (secondary N) is 1. The Morgan fingerprint density at radius 1 is 1.15 bits per heavy atom. The monoisotopic (exact) mass is 478 g/mol. The van der Waals surface area contributed by atoms with Crippen molar-refractivity contribution >= 4 is 25.2 Å². The highest BCUT2D eigenvalue weighted by atomic mass is 28.4. The number of aliphatic hydroxyl groups is 1. The fourth-order valence-corrected chi connectivity index (χ4v) is 6.83. The molecule has 1 aromatic carbocycles. The molecule has 4 atom stereocenters. The zero-order valence-corrected chi connectivity index (χ0v) is 22.1. The van der Waals surface area contributed by atoms with Gasteiger partial charge >= 0.3 is 0 Å². The predicted molar refractivity (Wildman–Crippen MR) is 140 cm³/mol. The summed E-state index contributed by atoms with van der Waals surface area (Å²) in [5.74, 6) is 1.06. The molecule has 6 nitrogen and oxygen atoms in total. The van der Waals surface area contributed by atoms with Gasteiger partial charge in [0.2, 0.25) is 0 Å². The molecule has 1 saturated carbocycles. The van der Waals surface area contributed by atoms with Gasteiger partial charge in [-0.2, -0.15) is 0 Å². The summed E-state index contributed by atoms with van der Waals surface area (Å²) in [5.41, 5.74) is 3.76. The van der Waals surface area contributed by atoms with Crippen LogP contribution < -0.4 is 5.32 Å². The first-order chi connectivity index (χ1) is 16.2. The van der Waals surface area contributed by atoms with E-state index in [0.717, 1.165) is 42.5 Å². The summed E-state index contributed by atoms with van der Waals surface area (Å²) in [6, 6.07) is 11.4. The van der Waals surface area contributed by atoms with E-state index in [1.807, 2.05) is 0 Å². The third-order valence-electron chi connectivity index (χ3n) is 8.44. The molecular formula is C27H38N4O2Si. The third kappa shape index (κ3) is 4.18. The van der Waals surface area contributed by atoms with Gasteiger partial charge in [0, 0.05) is 24.8 Å². The smallest absolute Gasteiger partial charge is 0.192 e. The minimum absolute atomic E-state index is 0.0859. The molecule has 1 fully saturated rings. The molecule has 0 radical (unpaired) electrons. The van der Waals surface area contributed by atoms with E-state index in [1.54, 1.807) is 6.33 Å². The van der Waals surface area contributed by atoms with Gasteiger partial charge in [-0.3, -0.25) is 0 Å². The van der Waals surface area contributed by atoms with Crippen LogP contribution in [-0.2, 0) is 10.8 Å². The highest BCUT2D eigenvalue weighted by molar-refractivity contribution is 6.74. The van der Waals surface area contributed by atoms with Crippen LogP contribution in [0.25, 0.3) is 11.0 Å². The van der Waals surface area contributed by atoms with Gasteiger partial charge in [-0.1, -0.05) is 45.0 Å². The number of fused-ring (bicyclic) bond motifs is 2. The van der Waals surface area contributed by atoms with Crippen molar-refractivity contribution in [3.8, 4) is 0 Å². The number of rotatable bonds is 6. The Hall–Kier alpha value is -2.22. The number of aromatic nitrogens is 3. The summed E-state index contributed by atoms with van der Waals surface area (Å²) in [6.45, 7) is 11.6. The topological polar surface area (TPSA) is 72.2 Å². The fourth-order valence-electron chi connectivity index (χ4n) is 5.43. The Kier molecular flexibility index (Phi) is 6.07. The van der Waals surface area contributed by atoms with Gasteiger partial charge in [-0.05, 0) is 61.0 Å². The van der Waals surface area contributed by atoms with Crippen molar-refractivity contribution in [1.82, 2.24) is 14.5 Å². The average molecular weight is 479 g/mol. The molecule has 0 saturated heterocycles. The number of nitrogens with zero attached hydrogens (tertiary/aromatic N) is 3. The summed E-state index contributed by atoms with van der Waals surface area (Å²) < 4.78 is 9.05. The molecule has 1 unspecified atom stereocenters. The van der Waals surface area contributed by atoms with Crippen LogP contribution in [-0.4, -0.2) is 40.7 Å². The Bertz CT molecular complexity index is 1170. The van der Waals surface area contributed by atoms with E-state index >= 15 is 0 Å². The fraction of sp³-hybridized carbons (Fsp3) is 0.556. The summed E-state index contributed by atoms with van der Waals surface area (Å²) in [6.07, 6.45) is 7.89. The lowest BCUT2D eigenvalue weighted by molar-refractivity contribution is 0.0979. The highest BCUT2D eigenvalue weighted by Crippen LogP contribution is 2.44. The van der Waals surface area contributed by atoms with E-state index in [4.69, 9.17) is 4.43 Å². The summed E-state index contributed by atoms with van der Waals surface area (Å²) >= 11 is 0. The molecular weight excluding hydrogens is 440 g/mol. The number of hydrogen-bond acceptors (Lipinski definition) is 5. The Morgan fingerprint density at radius 3 is 2.71 bits per heavy atom. The second-order valence-electron chi connectivity index (χ2n) is 11.6. The SMILES string of the molecule is CC(C)(C)[Si](C)(C)O[C@H]1CC(n2ccc3c(N[C@H]4CCc5ccccc54)ncnc32)C[C@H]1CO. The molecule has 5 rings (SSSR count). The highest BCUT2D eigenvalue weighted by Gasteiger charge is 2.44. The molecule has 34 heavy (non-hydrogen) atoms. The van der Waals surface area contributed by atoms with Crippen molar-refractivity contribution in [3.63, 3.8) is 0 Å². The van der Waals surface area contributed by atoms with Gasteiger partial charge < -0.3 is 19.4 Å². The van der Waals surface area contributed by atoms with E-state index in [1.165, 1.54) is 11.1 Å². The van der Waals surface area contributed by atoms with Crippen LogP contribution >= 0.6 is 0 Å². The van der Waals surface area contributed by atoms with Crippen LogP contribution in [0.15, 0.2) is 42.9 Å². The second kappa shape index (κ2) is 8.77. The first kappa shape index (κ1) is 23.5. The van der Waals surface area contributed by atoms with Crippen molar-refractivity contribution in [1.29, 1.82) is 0 Å². The lowest BCUT2D eigenvalue weighted by Gasteiger charge is -2.39. The maximum Gasteiger partial charge on any atom is 0.192 e. The van der Waals surface area contributed by atoms with Gasteiger partial charge in [-0.25, -0.2) is 9.97 Å². The molecule has 0 bridgehead atoms. The average Bonchev–Trinajstić information content (AvgIpc) is 3.50. The number of aryl methyl sites for hydroxylation is 1. The number of benzene rings is 1. The minimum Gasteiger partial charge on any atom is -0.413 e. The van der Waals surface area contributed by atoms with Gasteiger partial charge in [0.05, 0.1) is 17.5 Å². The molecule has 3 aromatic rings. The number of anilines is 1. The van der Waals surface area contributed by atoms with E-state index in [0.29, 0.717) is 0 Å². The quantitative estimate of drug-likeness (QED) is 0.434. The Balaban J connectivity index is 1.38. The first-order valence-corrected chi connectivity index (χ1v) is 15.5. The zero-order valence-electron chi connectivity index (χ0n) is 21.1. The molecule has 2 aliphatic carbocycles. The van der Waals surface area contributed by atoms with Crippen molar-refractivity contribution < 1.29 is 9.53 Å². The Labute approximate surface area is 203 Å². The van der Waals surface area contributed by atoms with E-state index < -0.39 is 8.32 Å². The van der Waals surface area contributed by atoms with Gasteiger partial charge in [0.15, 0.2) is 8.32 Å². The van der Waals surface area contributed by atoms with Crippen molar-refractivity contribution in [2.24, 2.45) is 5.92 Å². The molecule has 7 heteroatoms. The molecule has 2 N–H and O–H groups in total. The minimum atomic E-state index is -1.91. The van der Waals surface area contributed by atoms with Crippen LogP contribution in [0, 0.1) is 5.92 Å². The lowest BCUT2D eigenvalue weighted by atomic mass is 10.1. The number of aliphatic hydroxyl groups excluding tert-OH is 1. The largest absolute Gasteiger partial charge is 0.413 e. The molecule has 2 aromatic heterocycles. The summed E-state index contributed by atoms with van der Waals surface area (Å²) in [4.78, 5) is 9.28. The van der Waals surface area contributed by atoms with Crippen molar-refractivity contribution in [2.45, 2.75) is 82.8 Å². The molecule has 182 valence electrons. The predicted octanol–water partition coefficient (Wildman–Crippen LogP) is 5.86. The maximum atomic E-state index is 10.1. The van der Waals surface area contributed by atoms with Gasteiger partial charge in [-0.15, -0.1) is 0 Å². The van der Waals surface area contributed by atoms with Crippen molar-refractivity contribution in [3.05, 3.63) is 54.0 Å². The van der Waals surface area contributed by atoms with Crippen molar-refractivity contribution in [2.75, 3.05) is 11.9 Å². The molecule has 0 amide bonds. The van der Waals surface area contributed by atoms with Gasteiger partial charge in [0.1, 0.15) is 17.8 Å². The lowest BCUT2D eigenvalue weighted by Crippen LogP contribution is -2.45. The molecule has 2 heterocycles. The zero-order chi connectivity index (χ0) is 24.1. The molecule has 0 spiro atoms. The van der Waals surface area contributed by atoms with Crippen LogP contribution in [0.1, 0.15) is 63.2 Å². The first-order valence-electron chi connectivity index (χ1n) is 12.6. The van der Waals surface area contributed by atoms with E-state index in [-0.39, 0.29) is 35.8 Å². The van der Waals surface area contributed by atoms with Crippen LogP contribution in [0.4, 0.5) is 5.82 Å². The third-order valence-corrected chi connectivity index (χ3v) is 12.9. The molecule has 0 aliphatic heterocycles. The van der Waals surface area contributed by atoms with Gasteiger partial charge in [0.25, 0.3) is 0 Å². The summed E-state index contributed by atoms with van der Waals surface area (Å²) in [5, 5.41) is 15.0. The second-order valence-corrected chi connectivity index (χ2v) is 16.4. The van der Waals surface area contributed by atoms with E-state index in [2.05, 4.69) is 90.2 Å². The Morgan fingerprint density at radius 2 is 1.94 bits per heavy atom. The maximum absolute atomic E-state index is 10.1. The summed E-state index contributed by atoms with van der Waals surface area (Å²) in [7, 11) is -1.91. The van der Waals surface area contributed by atoms with E-state index in [9.17, 15) is 5.11 Å². The van der Waals surface area contributed by atoms with Crippen LogP contribution in [0.2, 0.25) is 18.1 Å². The van der Waals surface area contributed by atoms with Crippen LogP contribution in [0.5, 0.6) is 0 Å². The standard InChI is InChI=1S/C27H38N4O2Si/c1-27(2,3)34(4,5)33-24-15-20(14-19(24)16-32)31-13-12-22-25(28-17-29-26(22)31)30-23-11-10-18-8-6-7-9-21(18)23/h6-9,12-13,17,19-20,23-24,32H,10-11,14-16H2,1-5H3,(H,28,29,30)/t19-,20?,23-,24-/m0/s1. The number of hydrogen-bond donors (Lipinski definition) is 2. The van der Waals surface area contributed by atoms with Crippen LogP contribution in [0.3, 0.4) is 0 Å².